The second kappa shape index (κ2) is 8.03. The van der Waals surface area contributed by atoms with E-state index in [0.717, 1.165) is 24.3 Å². The molecule has 0 aliphatic heterocycles. The van der Waals surface area contributed by atoms with Gasteiger partial charge in [-0.1, -0.05) is 68.9 Å². The average molecular weight is 317 g/mol. The normalized spacial score (nSPS) is 13.6. The highest BCUT2D eigenvalue weighted by Crippen LogP contribution is 2.24. The van der Waals surface area contributed by atoms with Crippen LogP contribution < -0.4 is 5.32 Å². The lowest BCUT2D eigenvalue weighted by atomic mass is 9.98. The molecule has 0 bridgehead atoms. The molecular formula is C17H23N3OS. The van der Waals surface area contributed by atoms with E-state index >= 15 is 0 Å². The Labute approximate surface area is 136 Å². The summed E-state index contributed by atoms with van der Waals surface area (Å²) in [5.41, 5.74) is 1.29. The topological polar surface area (TPSA) is 54.9 Å². The average Bonchev–Trinajstić information content (AvgIpc) is 2.95. The van der Waals surface area contributed by atoms with E-state index in [9.17, 15) is 4.79 Å². The van der Waals surface area contributed by atoms with E-state index in [1.807, 2.05) is 25.1 Å². The van der Waals surface area contributed by atoms with Crippen LogP contribution in [-0.4, -0.2) is 16.1 Å². The van der Waals surface area contributed by atoms with Crippen LogP contribution in [0.2, 0.25) is 0 Å². The SMILES string of the molecule is CCCC(C)C(=O)Nc1nnc(CC(C)c2ccccc2)s1. The van der Waals surface area contributed by atoms with Gasteiger partial charge in [0.15, 0.2) is 0 Å². The summed E-state index contributed by atoms with van der Waals surface area (Å²) in [6, 6.07) is 10.4. The molecular weight excluding hydrogens is 294 g/mol. The van der Waals surface area contributed by atoms with Gasteiger partial charge in [0.25, 0.3) is 0 Å². The predicted molar refractivity (Wildman–Crippen MR) is 91.2 cm³/mol. The van der Waals surface area contributed by atoms with Gasteiger partial charge in [-0.15, -0.1) is 10.2 Å². The molecule has 1 amide bonds. The van der Waals surface area contributed by atoms with Gasteiger partial charge in [-0.05, 0) is 17.9 Å². The van der Waals surface area contributed by atoms with Crippen molar-refractivity contribution in [3.63, 3.8) is 0 Å². The molecule has 22 heavy (non-hydrogen) atoms. The van der Waals surface area contributed by atoms with E-state index in [1.165, 1.54) is 16.9 Å². The Bertz CT molecular complexity index is 597. The monoisotopic (exact) mass is 317 g/mol. The highest BCUT2D eigenvalue weighted by Gasteiger charge is 2.15. The summed E-state index contributed by atoms with van der Waals surface area (Å²) in [7, 11) is 0. The predicted octanol–water partition coefficient (Wildman–Crippen LogP) is 4.26. The zero-order valence-electron chi connectivity index (χ0n) is 13.4. The second-order valence-corrected chi connectivity index (χ2v) is 6.76. The molecule has 0 radical (unpaired) electrons. The van der Waals surface area contributed by atoms with Crippen molar-refractivity contribution in [3.8, 4) is 0 Å². The third-order valence-electron chi connectivity index (χ3n) is 3.72. The van der Waals surface area contributed by atoms with Crippen LogP contribution in [-0.2, 0) is 11.2 Å². The molecule has 0 aliphatic rings. The number of carbonyl (C=O) groups is 1. The molecule has 5 heteroatoms. The van der Waals surface area contributed by atoms with Crippen LogP contribution in [0.15, 0.2) is 30.3 Å². The molecule has 1 aromatic heterocycles. The standard InChI is InChI=1S/C17H23N3OS/c1-4-8-12(2)16(21)18-17-20-19-15(22-17)11-13(3)14-9-6-5-7-10-14/h5-7,9-10,12-13H,4,8,11H2,1-3H3,(H,18,20,21). The number of amides is 1. The number of carbonyl (C=O) groups excluding carboxylic acids is 1. The van der Waals surface area contributed by atoms with Crippen LogP contribution in [0.1, 0.15) is 50.1 Å². The van der Waals surface area contributed by atoms with Crippen molar-refractivity contribution in [3.05, 3.63) is 40.9 Å². The fourth-order valence-corrected chi connectivity index (χ4v) is 3.21. The van der Waals surface area contributed by atoms with E-state index in [0.29, 0.717) is 11.0 Å². The van der Waals surface area contributed by atoms with Gasteiger partial charge < -0.3 is 5.32 Å². The van der Waals surface area contributed by atoms with Crippen LogP contribution in [0.25, 0.3) is 0 Å². The van der Waals surface area contributed by atoms with Crippen molar-refractivity contribution in [1.29, 1.82) is 0 Å². The first-order chi connectivity index (χ1) is 10.6. The number of rotatable bonds is 7. The Kier molecular flexibility index (Phi) is 6.07. The van der Waals surface area contributed by atoms with Crippen molar-refractivity contribution < 1.29 is 4.79 Å². The second-order valence-electron chi connectivity index (χ2n) is 5.70. The van der Waals surface area contributed by atoms with Gasteiger partial charge in [0, 0.05) is 12.3 Å². The largest absolute Gasteiger partial charge is 0.300 e. The molecule has 2 unspecified atom stereocenters. The van der Waals surface area contributed by atoms with Crippen molar-refractivity contribution >= 4 is 22.4 Å². The minimum absolute atomic E-state index is 0.0144. The van der Waals surface area contributed by atoms with E-state index in [1.54, 1.807) is 0 Å². The van der Waals surface area contributed by atoms with Crippen molar-refractivity contribution in [1.82, 2.24) is 10.2 Å². The molecule has 0 saturated carbocycles. The summed E-state index contributed by atoms with van der Waals surface area (Å²) in [5.74, 6) is 0.429. The molecule has 0 fully saturated rings. The van der Waals surface area contributed by atoms with Gasteiger partial charge in [0.05, 0.1) is 0 Å². The number of anilines is 1. The Morgan fingerprint density at radius 1 is 1.23 bits per heavy atom. The molecule has 2 atom stereocenters. The lowest BCUT2D eigenvalue weighted by Gasteiger charge is -2.09. The smallest absolute Gasteiger partial charge is 0.229 e. The fraction of sp³-hybridized carbons (Fsp3) is 0.471. The Morgan fingerprint density at radius 3 is 2.64 bits per heavy atom. The molecule has 118 valence electrons. The van der Waals surface area contributed by atoms with Crippen LogP contribution >= 0.6 is 11.3 Å². The Morgan fingerprint density at radius 2 is 1.95 bits per heavy atom. The van der Waals surface area contributed by atoms with Crippen LogP contribution in [0.5, 0.6) is 0 Å². The minimum atomic E-state index is 0.0144. The van der Waals surface area contributed by atoms with E-state index < -0.39 is 0 Å². The Hall–Kier alpha value is -1.75. The van der Waals surface area contributed by atoms with Gasteiger partial charge >= 0.3 is 0 Å². The molecule has 0 aliphatic carbocycles. The van der Waals surface area contributed by atoms with Gasteiger partial charge in [-0.3, -0.25) is 4.79 Å². The summed E-state index contributed by atoms with van der Waals surface area (Å²) in [4.78, 5) is 12.0. The number of benzene rings is 1. The van der Waals surface area contributed by atoms with Gasteiger partial charge in [0.2, 0.25) is 11.0 Å². The summed E-state index contributed by atoms with van der Waals surface area (Å²) in [6.45, 7) is 6.20. The number of hydrogen-bond acceptors (Lipinski definition) is 4. The maximum Gasteiger partial charge on any atom is 0.229 e. The maximum atomic E-state index is 12.0. The summed E-state index contributed by atoms with van der Waals surface area (Å²) in [6.07, 6.45) is 2.73. The highest BCUT2D eigenvalue weighted by atomic mass is 32.1. The molecule has 1 N–H and O–H groups in total. The first kappa shape index (κ1) is 16.6. The molecule has 0 spiro atoms. The number of hydrogen-bond donors (Lipinski definition) is 1. The zero-order chi connectivity index (χ0) is 15.9. The molecule has 0 saturated heterocycles. The van der Waals surface area contributed by atoms with Crippen LogP contribution in [0, 0.1) is 5.92 Å². The summed E-state index contributed by atoms with van der Waals surface area (Å²) in [5, 5.41) is 12.7. The molecule has 2 rings (SSSR count). The summed E-state index contributed by atoms with van der Waals surface area (Å²) < 4.78 is 0. The van der Waals surface area contributed by atoms with Crippen molar-refractivity contribution in [2.24, 2.45) is 5.92 Å². The number of nitrogens with one attached hydrogen (secondary N) is 1. The van der Waals surface area contributed by atoms with Gasteiger partial charge in [-0.2, -0.15) is 0 Å². The molecule has 2 aromatic rings. The van der Waals surface area contributed by atoms with Crippen molar-refractivity contribution in [2.45, 2.75) is 46.0 Å². The van der Waals surface area contributed by atoms with Crippen molar-refractivity contribution in [2.75, 3.05) is 5.32 Å². The van der Waals surface area contributed by atoms with Crippen LogP contribution in [0.3, 0.4) is 0 Å². The lowest BCUT2D eigenvalue weighted by Crippen LogP contribution is -2.20. The fourth-order valence-electron chi connectivity index (χ4n) is 2.34. The third kappa shape index (κ3) is 4.63. The molecule has 1 heterocycles. The van der Waals surface area contributed by atoms with Gasteiger partial charge in [-0.25, -0.2) is 0 Å². The maximum absolute atomic E-state index is 12.0. The number of nitrogens with zero attached hydrogens (tertiary/aromatic N) is 2. The minimum Gasteiger partial charge on any atom is -0.300 e. The van der Waals surface area contributed by atoms with E-state index in [4.69, 9.17) is 0 Å². The highest BCUT2D eigenvalue weighted by molar-refractivity contribution is 7.15. The molecule has 1 aromatic carbocycles. The first-order valence-electron chi connectivity index (χ1n) is 7.78. The summed E-state index contributed by atoms with van der Waals surface area (Å²) >= 11 is 1.47. The van der Waals surface area contributed by atoms with Gasteiger partial charge in [0.1, 0.15) is 5.01 Å². The van der Waals surface area contributed by atoms with Crippen LogP contribution in [0.4, 0.5) is 5.13 Å². The quantitative estimate of drug-likeness (QED) is 0.830. The zero-order valence-corrected chi connectivity index (χ0v) is 14.2. The third-order valence-corrected chi connectivity index (χ3v) is 4.58. The Balaban J connectivity index is 1.93. The molecule has 4 nitrogen and oxygen atoms in total. The first-order valence-corrected chi connectivity index (χ1v) is 8.60. The van der Waals surface area contributed by atoms with E-state index in [-0.39, 0.29) is 11.8 Å². The van der Waals surface area contributed by atoms with E-state index in [2.05, 4.69) is 41.5 Å². The number of aromatic nitrogens is 2. The lowest BCUT2D eigenvalue weighted by molar-refractivity contribution is -0.119.